The molecule has 0 fully saturated rings. The van der Waals surface area contributed by atoms with Crippen LogP contribution in [0.5, 0.6) is 0 Å². The zero-order valence-corrected chi connectivity index (χ0v) is 13.4. The highest BCUT2D eigenvalue weighted by Gasteiger charge is 2.30. The minimum Gasteiger partial charge on any atom is -0.359 e. The molecule has 0 aliphatic rings. The molecule has 0 radical (unpaired) electrons. The van der Waals surface area contributed by atoms with E-state index in [4.69, 9.17) is 0 Å². The maximum atomic E-state index is 12.5. The summed E-state index contributed by atoms with van der Waals surface area (Å²) in [5, 5.41) is 5.10. The predicted octanol–water partition coefficient (Wildman–Crippen LogP) is 3.03. The van der Waals surface area contributed by atoms with Gasteiger partial charge in [0.15, 0.2) is 0 Å². The SMILES string of the molecule is CNC(=O)CCc1cccc(NC(=O)c2ccc(C(F)(F)F)cn2)c1. The van der Waals surface area contributed by atoms with Crippen LogP contribution in [0.15, 0.2) is 42.6 Å². The molecule has 1 aromatic carbocycles. The molecule has 2 N–H and O–H groups in total. The number of anilines is 1. The lowest BCUT2D eigenvalue weighted by molar-refractivity contribution is -0.137. The van der Waals surface area contributed by atoms with Crippen LogP contribution in [-0.4, -0.2) is 23.8 Å². The molecule has 0 bridgehead atoms. The second-order valence-electron chi connectivity index (χ2n) is 5.26. The van der Waals surface area contributed by atoms with Gasteiger partial charge in [-0.1, -0.05) is 12.1 Å². The average Bonchev–Trinajstić information content (AvgIpc) is 2.59. The van der Waals surface area contributed by atoms with Gasteiger partial charge in [-0.25, -0.2) is 0 Å². The van der Waals surface area contributed by atoms with Gasteiger partial charge >= 0.3 is 6.18 Å². The van der Waals surface area contributed by atoms with E-state index in [-0.39, 0.29) is 11.6 Å². The third-order valence-corrected chi connectivity index (χ3v) is 3.43. The van der Waals surface area contributed by atoms with Gasteiger partial charge in [-0.05, 0) is 36.2 Å². The fourth-order valence-corrected chi connectivity index (χ4v) is 2.08. The minimum absolute atomic E-state index is 0.0941. The van der Waals surface area contributed by atoms with E-state index in [1.54, 1.807) is 25.2 Å². The molecule has 0 spiro atoms. The highest BCUT2D eigenvalue weighted by Crippen LogP contribution is 2.28. The van der Waals surface area contributed by atoms with Crippen molar-refractivity contribution in [3.05, 3.63) is 59.4 Å². The van der Waals surface area contributed by atoms with Crippen molar-refractivity contribution in [2.24, 2.45) is 0 Å². The van der Waals surface area contributed by atoms with Gasteiger partial charge in [0.25, 0.3) is 5.91 Å². The van der Waals surface area contributed by atoms with Gasteiger partial charge in [-0.15, -0.1) is 0 Å². The van der Waals surface area contributed by atoms with Gasteiger partial charge in [-0.2, -0.15) is 13.2 Å². The Morgan fingerprint density at radius 3 is 2.52 bits per heavy atom. The Hall–Kier alpha value is -2.90. The van der Waals surface area contributed by atoms with Crippen molar-refractivity contribution < 1.29 is 22.8 Å². The normalized spacial score (nSPS) is 11.0. The number of benzene rings is 1. The number of aryl methyl sites for hydroxylation is 1. The largest absolute Gasteiger partial charge is 0.417 e. The van der Waals surface area contributed by atoms with Crippen molar-refractivity contribution in [3.63, 3.8) is 0 Å². The Labute approximate surface area is 142 Å². The molecular weight excluding hydrogens is 335 g/mol. The van der Waals surface area contributed by atoms with Crippen LogP contribution >= 0.6 is 0 Å². The van der Waals surface area contributed by atoms with Gasteiger partial charge in [0.2, 0.25) is 5.91 Å². The molecule has 25 heavy (non-hydrogen) atoms. The summed E-state index contributed by atoms with van der Waals surface area (Å²) in [5.41, 5.74) is 0.284. The van der Waals surface area contributed by atoms with Gasteiger partial charge in [0.05, 0.1) is 5.56 Å². The van der Waals surface area contributed by atoms with Crippen LogP contribution in [0, 0.1) is 0 Å². The number of nitrogens with one attached hydrogen (secondary N) is 2. The van der Waals surface area contributed by atoms with Crippen molar-refractivity contribution in [1.82, 2.24) is 10.3 Å². The Balaban J connectivity index is 2.04. The van der Waals surface area contributed by atoms with Crippen LogP contribution in [0.1, 0.15) is 28.0 Å². The van der Waals surface area contributed by atoms with Crippen LogP contribution < -0.4 is 10.6 Å². The molecule has 8 heteroatoms. The van der Waals surface area contributed by atoms with Gasteiger partial charge in [-0.3, -0.25) is 14.6 Å². The highest BCUT2D eigenvalue weighted by molar-refractivity contribution is 6.02. The maximum absolute atomic E-state index is 12.5. The first kappa shape index (κ1) is 18.4. The number of hydrogen-bond acceptors (Lipinski definition) is 3. The minimum atomic E-state index is -4.50. The first-order valence-electron chi connectivity index (χ1n) is 7.43. The molecule has 5 nitrogen and oxygen atoms in total. The smallest absolute Gasteiger partial charge is 0.359 e. The lowest BCUT2D eigenvalue weighted by Crippen LogP contribution is -2.18. The van der Waals surface area contributed by atoms with Crippen LogP contribution in [0.4, 0.5) is 18.9 Å². The van der Waals surface area contributed by atoms with E-state index >= 15 is 0 Å². The van der Waals surface area contributed by atoms with E-state index in [1.165, 1.54) is 0 Å². The van der Waals surface area contributed by atoms with E-state index < -0.39 is 17.6 Å². The van der Waals surface area contributed by atoms with Crippen molar-refractivity contribution in [2.75, 3.05) is 12.4 Å². The molecule has 1 aromatic heterocycles. The summed E-state index contributed by atoms with van der Waals surface area (Å²) in [4.78, 5) is 26.9. The molecule has 0 saturated heterocycles. The molecular formula is C17H16F3N3O2. The summed E-state index contributed by atoms with van der Waals surface area (Å²) in [6.07, 6.45) is -3.06. The number of alkyl halides is 3. The standard InChI is InChI=1S/C17H16F3N3O2/c1-21-15(24)8-5-11-3-2-4-13(9-11)23-16(25)14-7-6-12(10-22-14)17(18,19)20/h2-4,6-7,9-10H,5,8H2,1H3,(H,21,24)(H,23,25). The summed E-state index contributed by atoms with van der Waals surface area (Å²) in [7, 11) is 1.55. The summed E-state index contributed by atoms with van der Waals surface area (Å²) in [6, 6.07) is 8.70. The fraction of sp³-hybridized carbons (Fsp3) is 0.235. The average molecular weight is 351 g/mol. The van der Waals surface area contributed by atoms with Gasteiger partial charge in [0.1, 0.15) is 5.69 Å². The fourth-order valence-electron chi connectivity index (χ4n) is 2.08. The Morgan fingerprint density at radius 2 is 1.92 bits per heavy atom. The number of halogens is 3. The summed E-state index contributed by atoms with van der Waals surface area (Å²) in [5.74, 6) is -0.708. The van der Waals surface area contributed by atoms with E-state index in [9.17, 15) is 22.8 Å². The van der Waals surface area contributed by atoms with E-state index in [0.717, 1.165) is 17.7 Å². The quantitative estimate of drug-likeness (QED) is 0.870. The van der Waals surface area contributed by atoms with Crippen molar-refractivity contribution in [1.29, 1.82) is 0 Å². The highest BCUT2D eigenvalue weighted by atomic mass is 19.4. The van der Waals surface area contributed by atoms with E-state index in [1.807, 2.05) is 6.07 Å². The summed E-state index contributed by atoms with van der Waals surface area (Å²) in [6.45, 7) is 0. The molecule has 2 amide bonds. The Bertz CT molecular complexity index is 758. The third kappa shape index (κ3) is 5.30. The zero-order chi connectivity index (χ0) is 18.4. The molecule has 2 aromatic rings. The second kappa shape index (κ2) is 7.78. The first-order chi connectivity index (χ1) is 11.8. The number of hydrogen-bond donors (Lipinski definition) is 2. The van der Waals surface area contributed by atoms with Crippen molar-refractivity contribution in [2.45, 2.75) is 19.0 Å². The predicted molar refractivity (Wildman–Crippen MR) is 86.0 cm³/mol. The molecule has 0 aliphatic carbocycles. The zero-order valence-electron chi connectivity index (χ0n) is 13.4. The molecule has 132 valence electrons. The lowest BCUT2D eigenvalue weighted by atomic mass is 10.1. The summed E-state index contributed by atoms with van der Waals surface area (Å²) >= 11 is 0. The topological polar surface area (TPSA) is 71.1 Å². The second-order valence-corrected chi connectivity index (χ2v) is 5.26. The number of carbonyl (C=O) groups excluding carboxylic acids is 2. The molecule has 2 rings (SSSR count). The maximum Gasteiger partial charge on any atom is 0.417 e. The monoisotopic (exact) mass is 351 g/mol. The van der Waals surface area contributed by atoms with Crippen LogP contribution in [0.2, 0.25) is 0 Å². The van der Waals surface area contributed by atoms with Gasteiger partial charge < -0.3 is 10.6 Å². The number of nitrogens with zero attached hydrogens (tertiary/aromatic N) is 1. The summed E-state index contributed by atoms with van der Waals surface area (Å²) < 4.78 is 37.5. The number of pyridine rings is 1. The number of carbonyl (C=O) groups is 2. The van der Waals surface area contributed by atoms with Crippen molar-refractivity contribution >= 4 is 17.5 Å². The van der Waals surface area contributed by atoms with E-state index in [2.05, 4.69) is 15.6 Å². The Kier molecular flexibility index (Phi) is 5.74. The molecule has 0 atom stereocenters. The Morgan fingerprint density at radius 1 is 1.16 bits per heavy atom. The number of rotatable bonds is 5. The van der Waals surface area contributed by atoms with E-state index in [0.29, 0.717) is 24.7 Å². The first-order valence-corrected chi connectivity index (χ1v) is 7.43. The molecule has 0 aliphatic heterocycles. The van der Waals surface area contributed by atoms with Crippen LogP contribution in [-0.2, 0) is 17.4 Å². The van der Waals surface area contributed by atoms with Gasteiger partial charge in [0, 0.05) is 25.4 Å². The molecule has 1 heterocycles. The number of aromatic nitrogens is 1. The molecule has 0 saturated carbocycles. The number of amides is 2. The van der Waals surface area contributed by atoms with Crippen molar-refractivity contribution in [3.8, 4) is 0 Å². The third-order valence-electron chi connectivity index (χ3n) is 3.43. The van der Waals surface area contributed by atoms with Crippen LogP contribution in [0.3, 0.4) is 0 Å². The lowest BCUT2D eigenvalue weighted by Gasteiger charge is -2.09. The molecule has 0 unspecified atom stereocenters. The van der Waals surface area contributed by atoms with Crippen LogP contribution in [0.25, 0.3) is 0 Å².